The van der Waals surface area contributed by atoms with Crippen LogP contribution in [0.2, 0.25) is 0 Å². The predicted octanol–water partition coefficient (Wildman–Crippen LogP) is 0.741. The standard InChI is InChI=1S/C13H17FN4O2/c14-11-6-10(3-4-16-11)12(19)18-5-1-2-9(8-18)7-17-13(15)20/h3-4,6,9H,1-2,5,7-8H2,(H3,15,17,20). The summed E-state index contributed by atoms with van der Waals surface area (Å²) >= 11 is 0. The van der Waals surface area contributed by atoms with Crippen LogP contribution in [-0.4, -0.2) is 41.5 Å². The van der Waals surface area contributed by atoms with Gasteiger partial charge >= 0.3 is 6.03 Å². The average molecular weight is 280 g/mol. The maximum Gasteiger partial charge on any atom is 0.312 e. The number of amides is 3. The molecule has 0 spiro atoms. The number of carbonyl (C=O) groups is 2. The summed E-state index contributed by atoms with van der Waals surface area (Å²) in [4.78, 5) is 28.1. The van der Waals surface area contributed by atoms with Crippen molar-refractivity contribution in [1.82, 2.24) is 15.2 Å². The number of aromatic nitrogens is 1. The molecule has 0 radical (unpaired) electrons. The van der Waals surface area contributed by atoms with E-state index in [2.05, 4.69) is 10.3 Å². The monoisotopic (exact) mass is 280 g/mol. The third-order valence-electron chi connectivity index (χ3n) is 3.34. The fourth-order valence-corrected chi connectivity index (χ4v) is 2.38. The highest BCUT2D eigenvalue weighted by Gasteiger charge is 2.24. The molecule has 2 rings (SSSR count). The summed E-state index contributed by atoms with van der Waals surface area (Å²) in [6, 6.07) is 2.06. The Morgan fingerprint density at radius 3 is 3.05 bits per heavy atom. The first-order chi connectivity index (χ1) is 9.56. The molecule has 1 aromatic heterocycles. The summed E-state index contributed by atoms with van der Waals surface area (Å²) in [5, 5.41) is 2.55. The predicted molar refractivity (Wildman–Crippen MR) is 70.4 cm³/mol. The number of urea groups is 1. The van der Waals surface area contributed by atoms with Gasteiger partial charge in [-0.2, -0.15) is 4.39 Å². The van der Waals surface area contributed by atoms with Gasteiger partial charge in [-0.3, -0.25) is 4.79 Å². The van der Waals surface area contributed by atoms with Crippen molar-refractivity contribution in [1.29, 1.82) is 0 Å². The molecule has 3 amide bonds. The SMILES string of the molecule is NC(=O)NCC1CCCN(C(=O)c2ccnc(F)c2)C1. The molecule has 1 aliphatic rings. The summed E-state index contributed by atoms with van der Waals surface area (Å²) in [6.07, 6.45) is 3.05. The van der Waals surface area contributed by atoms with E-state index in [-0.39, 0.29) is 11.8 Å². The van der Waals surface area contributed by atoms with Crippen molar-refractivity contribution in [2.45, 2.75) is 12.8 Å². The molecular formula is C13H17FN4O2. The number of carbonyl (C=O) groups excluding carboxylic acids is 2. The van der Waals surface area contributed by atoms with Gasteiger partial charge in [-0.05, 0) is 24.8 Å². The lowest BCUT2D eigenvalue weighted by Gasteiger charge is -2.32. The van der Waals surface area contributed by atoms with Crippen molar-refractivity contribution in [3.63, 3.8) is 0 Å². The summed E-state index contributed by atoms with van der Waals surface area (Å²) in [5.74, 6) is -0.707. The lowest BCUT2D eigenvalue weighted by molar-refractivity contribution is 0.0674. The van der Waals surface area contributed by atoms with E-state index >= 15 is 0 Å². The van der Waals surface area contributed by atoms with Crippen LogP contribution in [0.1, 0.15) is 23.2 Å². The zero-order valence-electron chi connectivity index (χ0n) is 11.0. The molecule has 108 valence electrons. The van der Waals surface area contributed by atoms with Crippen molar-refractivity contribution in [3.05, 3.63) is 29.8 Å². The topological polar surface area (TPSA) is 88.3 Å². The number of rotatable bonds is 3. The Bertz CT molecular complexity index is 509. The molecule has 0 bridgehead atoms. The first-order valence-corrected chi connectivity index (χ1v) is 6.50. The van der Waals surface area contributed by atoms with E-state index < -0.39 is 12.0 Å². The number of nitrogens with two attached hydrogens (primary N) is 1. The molecule has 6 nitrogen and oxygen atoms in total. The van der Waals surface area contributed by atoms with E-state index in [1.165, 1.54) is 12.3 Å². The Morgan fingerprint density at radius 1 is 1.55 bits per heavy atom. The van der Waals surface area contributed by atoms with E-state index in [9.17, 15) is 14.0 Å². The number of pyridine rings is 1. The molecule has 2 heterocycles. The largest absolute Gasteiger partial charge is 0.352 e. The number of likely N-dealkylation sites (tertiary alicyclic amines) is 1. The van der Waals surface area contributed by atoms with Crippen LogP contribution in [0, 0.1) is 11.9 Å². The van der Waals surface area contributed by atoms with E-state index in [1.54, 1.807) is 4.90 Å². The van der Waals surface area contributed by atoms with Gasteiger partial charge in [0.15, 0.2) is 0 Å². The van der Waals surface area contributed by atoms with Crippen LogP contribution in [-0.2, 0) is 0 Å². The van der Waals surface area contributed by atoms with Crippen LogP contribution in [0.15, 0.2) is 18.3 Å². The number of hydrogen-bond donors (Lipinski definition) is 2. The Hall–Kier alpha value is -2.18. The van der Waals surface area contributed by atoms with Crippen LogP contribution < -0.4 is 11.1 Å². The fraction of sp³-hybridized carbons (Fsp3) is 0.462. The van der Waals surface area contributed by atoms with Gasteiger partial charge in [0, 0.05) is 37.5 Å². The van der Waals surface area contributed by atoms with E-state index in [1.807, 2.05) is 0 Å². The molecule has 20 heavy (non-hydrogen) atoms. The van der Waals surface area contributed by atoms with Crippen LogP contribution >= 0.6 is 0 Å². The maximum absolute atomic E-state index is 13.0. The smallest absolute Gasteiger partial charge is 0.312 e. The highest BCUT2D eigenvalue weighted by atomic mass is 19.1. The number of halogens is 1. The van der Waals surface area contributed by atoms with Crippen molar-refractivity contribution in [3.8, 4) is 0 Å². The molecule has 1 aromatic rings. The van der Waals surface area contributed by atoms with Gasteiger partial charge in [0.2, 0.25) is 5.95 Å². The zero-order valence-corrected chi connectivity index (χ0v) is 11.0. The highest BCUT2D eigenvalue weighted by molar-refractivity contribution is 5.94. The number of hydrogen-bond acceptors (Lipinski definition) is 3. The number of nitrogens with zero attached hydrogens (tertiary/aromatic N) is 2. The second-order valence-electron chi connectivity index (χ2n) is 4.87. The Kier molecular flexibility index (Phi) is 4.49. The zero-order chi connectivity index (χ0) is 14.5. The van der Waals surface area contributed by atoms with Gasteiger partial charge in [0.25, 0.3) is 5.91 Å². The maximum atomic E-state index is 13.0. The van der Waals surface area contributed by atoms with Crippen LogP contribution in [0.5, 0.6) is 0 Å². The molecule has 1 saturated heterocycles. The van der Waals surface area contributed by atoms with Crippen LogP contribution in [0.3, 0.4) is 0 Å². The summed E-state index contributed by atoms with van der Waals surface area (Å²) in [6.45, 7) is 1.61. The van der Waals surface area contributed by atoms with Crippen molar-refractivity contribution >= 4 is 11.9 Å². The summed E-state index contributed by atoms with van der Waals surface area (Å²) < 4.78 is 13.0. The molecule has 1 fully saturated rings. The summed E-state index contributed by atoms with van der Waals surface area (Å²) in [5.41, 5.74) is 5.33. The van der Waals surface area contributed by atoms with Crippen LogP contribution in [0.4, 0.5) is 9.18 Å². The van der Waals surface area contributed by atoms with E-state index in [4.69, 9.17) is 5.73 Å². The van der Waals surface area contributed by atoms with Gasteiger partial charge in [-0.15, -0.1) is 0 Å². The quantitative estimate of drug-likeness (QED) is 0.800. The third kappa shape index (κ3) is 3.66. The number of primary amides is 1. The molecule has 1 aliphatic heterocycles. The average Bonchev–Trinajstić information content (AvgIpc) is 2.44. The van der Waals surface area contributed by atoms with Gasteiger partial charge in [-0.25, -0.2) is 9.78 Å². The van der Waals surface area contributed by atoms with Gasteiger partial charge in [0.05, 0.1) is 0 Å². The minimum Gasteiger partial charge on any atom is -0.352 e. The molecule has 0 aromatic carbocycles. The van der Waals surface area contributed by atoms with Crippen LogP contribution in [0.25, 0.3) is 0 Å². The number of nitrogens with one attached hydrogen (secondary N) is 1. The van der Waals surface area contributed by atoms with Crippen molar-refractivity contribution in [2.75, 3.05) is 19.6 Å². The van der Waals surface area contributed by atoms with E-state index in [0.717, 1.165) is 18.9 Å². The Morgan fingerprint density at radius 2 is 2.35 bits per heavy atom. The molecule has 1 atom stereocenters. The van der Waals surface area contributed by atoms with Gasteiger partial charge in [-0.1, -0.05) is 0 Å². The second-order valence-corrected chi connectivity index (χ2v) is 4.87. The third-order valence-corrected chi connectivity index (χ3v) is 3.34. The Balaban J connectivity index is 1.98. The second kappa shape index (κ2) is 6.31. The lowest BCUT2D eigenvalue weighted by atomic mass is 9.97. The molecule has 3 N–H and O–H groups in total. The molecule has 0 aliphatic carbocycles. The molecule has 0 saturated carbocycles. The Labute approximate surface area is 116 Å². The minimum atomic E-state index is -0.667. The van der Waals surface area contributed by atoms with Crippen molar-refractivity contribution < 1.29 is 14.0 Å². The molecule has 1 unspecified atom stereocenters. The van der Waals surface area contributed by atoms with E-state index in [0.29, 0.717) is 25.2 Å². The number of piperidine rings is 1. The fourth-order valence-electron chi connectivity index (χ4n) is 2.38. The molecule has 7 heteroatoms. The van der Waals surface area contributed by atoms with Crippen molar-refractivity contribution in [2.24, 2.45) is 11.7 Å². The first-order valence-electron chi connectivity index (χ1n) is 6.50. The molecular weight excluding hydrogens is 263 g/mol. The summed E-state index contributed by atoms with van der Waals surface area (Å²) in [7, 11) is 0. The van der Waals surface area contributed by atoms with Gasteiger partial charge < -0.3 is 16.0 Å². The first kappa shape index (κ1) is 14.2. The normalized spacial score (nSPS) is 18.6. The lowest BCUT2D eigenvalue weighted by Crippen LogP contribution is -2.44. The van der Waals surface area contributed by atoms with Gasteiger partial charge in [0.1, 0.15) is 0 Å². The highest BCUT2D eigenvalue weighted by Crippen LogP contribution is 2.18. The minimum absolute atomic E-state index is 0.173.